The van der Waals surface area contributed by atoms with E-state index in [9.17, 15) is 0 Å². The molecule has 1 heterocycles. The first-order valence-corrected chi connectivity index (χ1v) is 5.43. The Morgan fingerprint density at radius 1 is 0.778 bits per heavy atom. The predicted molar refractivity (Wildman–Crippen MR) is 66.2 cm³/mol. The summed E-state index contributed by atoms with van der Waals surface area (Å²) in [4.78, 5) is 4.17. The molecule has 0 aliphatic heterocycles. The molecule has 18 heavy (non-hydrogen) atoms. The van der Waals surface area contributed by atoms with E-state index in [-0.39, 0.29) is 18.9 Å². The summed E-state index contributed by atoms with van der Waals surface area (Å²) in [7, 11) is 0. The quantitative estimate of drug-likeness (QED) is 0.478. The number of oxazole rings is 1. The summed E-state index contributed by atoms with van der Waals surface area (Å²) in [5.74, 6) is 1.27. The standard InChI is InChI=1S/C15H10NO.Li/c1-3-7-12(8-4-1)14-11-16-15(17-14)13-9-5-2-6-10-13;/h1-10H;/q-1;+1. The van der Waals surface area contributed by atoms with Gasteiger partial charge >= 0.3 is 18.9 Å². The van der Waals surface area contributed by atoms with Gasteiger partial charge in [0.2, 0.25) is 0 Å². The Balaban J connectivity index is 0.00000120. The molecule has 0 atom stereocenters. The van der Waals surface area contributed by atoms with Crippen LogP contribution in [0.15, 0.2) is 65.1 Å². The molecule has 0 N–H and O–H groups in total. The number of hydrogen-bond acceptors (Lipinski definition) is 2. The number of nitrogens with zero attached hydrogens (tertiary/aromatic N) is 1. The van der Waals surface area contributed by atoms with Gasteiger partial charge < -0.3 is 9.40 Å². The molecular formula is C15H10LiNO. The molecule has 0 aliphatic carbocycles. The van der Waals surface area contributed by atoms with Gasteiger partial charge in [-0.1, -0.05) is 54.1 Å². The Morgan fingerprint density at radius 3 is 1.94 bits per heavy atom. The third kappa shape index (κ3) is 2.56. The van der Waals surface area contributed by atoms with Gasteiger partial charge in [-0.05, 0) is 11.8 Å². The van der Waals surface area contributed by atoms with Gasteiger partial charge in [-0.3, -0.25) is 0 Å². The van der Waals surface area contributed by atoms with Crippen LogP contribution in [0.4, 0.5) is 0 Å². The van der Waals surface area contributed by atoms with E-state index in [0.29, 0.717) is 11.7 Å². The second-order valence-corrected chi connectivity index (χ2v) is 3.69. The number of hydrogen-bond donors (Lipinski definition) is 0. The molecule has 0 saturated carbocycles. The van der Waals surface area contributed by atoms with Gasteiger partial charge in [0.1, 0.15) is 5.89 Å². The van der Waals surface area contributed by atoms with Crippen molar-refractivity contribution in [3.05, 3.63) is 66.9 Å². The van der Waals surface area contributed by atoms with Gasteiger partial charge in [0.15, 0.2) is 0 Å². The molecule has 0 spiro atoms. The molecule has 3 rings (SSSR count). The van der Waals surface area contributed by atoms with Crippen molar-refractivity contribution in [1.29, 1.82) is 0 Å². The molecule has 0 fully saturated rings. The minimum absolute atomic E-state index is 0. The fourth-order valence-electron chi connectivity index (χ4n) is 1.66. The molecule has 0 radical (unpaired) electrons. The number of aromatic nitrogens is 1. The molecule has 3 heteroatoms. The second kappa shape index (κ2) is 5.73. The first-order valence-electron chi connectivity index (χ1n) is 5.43. The SMILES string of the molecule is [Li+].[c-]1nc(-c2ccccc2)oc1-c1ccccc1. The van der Waals surface area contributed by atoms with Crippen LogP contribution in [0.5, 0.6) is 0 Å². The Kier molecular flexibility index (Phi) is 4.04. The van der Waals surface area contributed by atoms with Crippen LogP contribution in [-0.2, 0) is 0 Å². The maximum Gasteiger partial charge on any atom is 1.00 e. The third-order valence-corrected chi connectivity index (χ3v) is 2.51. The average Bonchev–Trinajstić information content (AvgIpc) is 2.90. The maximum atomic E-state index is 5.69. The largest absolute Gasteiger partial charge is 1.00 e. The Labute approximate surface area is 118 Å². The van der Waals surface area contributed by atoms with Gasteiger partial charge in [-0.25, -0.2) is 0 Å². The third-order valence-electron chi connectivity index (χ3n) is 2.51. The zero-order valence-corrected chi connectivity index (χ0v) is 10.1. The monoisotopic (exact) mass is 227 g/mol. The maximum absolute atomic E-state index is 5.69. The van der Waals surface area contributed by atoms with Gasteiger partial charge in [0.05, 0.1) is 0 Å². The van der Waals surface area contributed by atoms with Crippen LogP contribution in [0.1, 0.15) is 0 Å². The van der Waals surface area contributed by atoms with E-state index in [4.69, 9.17) is 4.42 Å². The molecular weight excluding hydrogens is 217 g/mol. The van der Waals surface area contributed by atoms with Crippen molar-refractivity contribution in [2.45, 2.75) is 0 Å². The smallest absolute Gasteiger partial charge is 0.520 e. The molecule has 0 unspecified atom stereocenters. The van der Waals surface area contributed by atoms with Gasteiger partial charge in [0, 0.05) is 5.76 Å². The second-order valence-electron chi connectivity index (χ2n) is 3.69. The van der Waals surface area contributed by atoms with E-state index in [1.165, 1.54) is 0 Å². The van der Waals surface area contributed by atoms with E-state index in [1.807, 2.05) is 60.7 Å². The summed E-state index contributed by atoms with van der Waals surface area (Å²) in [6, 6.07) is 19.7. The summed E-state index contributed by atoms with van der Waals surface area (Å²) in [6.07, 6.45) is 2.90. The van der Waals surface area contributed by atoms with Crippen LogP contribution in [0.25, 0.3) is 22.8 Å². The summed E-state index contributed by atoms with van der Waals surface area (Å²) >= 11 is 0. The normalized spacial score (nSPS) is 9.78. The molecule has 2 aromatic carbocycles. The molecule has 0 amide bonds. The van der Waals surface area contributed by atoms with Crippen molar-refractivity contribution in [3.8, 4) is 22.8 Å². The minimum atomic E-state index is 0. The summed E-state index contributed by atoms with van der Waals surface area (Å²) < 4.78 is 5.69. The molecule has 3 aromatic rings. The fourth-order valence-corrected chi connectivity index (χ4v) is 1.66. The van der Waals surface area contributed by atoms with E-state index >= 15 is 0 Å². The van der Waals surface area contributed by atoms with Crippen molar-refractivity contribution >= 4 is 0 Å². The van der Waals surface area contributed by atoms with Crippen molar-refractivity contribution in [1.82, 2.24) is 4.98 Å². The van der Waals surface area contributed by atoms with Crippen LogP contribution in [0.2, 0.25) is 0 Å². The predicted octanol–water partition coefficient (Wildman–Crippen LogP) is 0.813. The summed E-state index contributed by atoms with van der Waals surface area (Å²) in [6.45, 7) is 0. The van der Waals surface area contributed by atoms with Gasteiger partial charge in [0.25, 0.3) is 0 Å². The Morgan fingerprint density at radius 2 is 1.33 bits per heavy atom. The fraction of sp³-hybridized carbons (Fsp3) is 0. The number of rotatable bonds is 2. The zero-order chi connectivity index (χ0) is 11.5. The van der Waals surface area contributed by atoms with Crippen LogP contribution in [0, 0.1) is 6.20 Å². The zero-order valence-electron chi connectivity index (χ0n) is 10.1. The minimum Gasteiger partial charge on any atom is -0.520 e. The molecule has 2 nitrogen and oxygen atoms in total. The molecule has 0 saturated heterocycles. The van der Waals surface area contributed by atoms with E-state index in [0.717, 1.165) is 11.1 Å². The Bertz CT molecular complexity index is 551. The van der Waals surface area contributed by atoms with Crippen LogP contribution in [0.3, 0.4) is 0 Å². The van der Waals surface area contributed by atoms with Gasteiger partial charge in [-0.15, -0.1) is 12.1 Å². The molecule has 0 aliphatic rings. The number of benzene rings is 2. The first-order chi connectivity index (χ1) is 8.43. The molecule has 0 bridgehead atoms. The van der Waals surface area contributed by atoms with Crippen molar-refractivity contribution in [3.63, 3.8) is 0 Å². The summed E-state index contributed by atoms with van der Waals surface area (Å²) in [5.41, 5.74) is 1.95. The van der Waals surface area contributed by atoms with E-state index < -0.39 is 0 Å². The van der Waals surface area contributed by atoms with Crippen molar-refractivity contribution in [2.75, 3.05) is 0 Å². The van der Waals surface area contributed by atoms with E-state index in [1.54, 1.807) is 0 Å². The Hall–Kier alpha value is -1.75. The average molecular weight is 227 g/mol. The summed E-state index contributed by atoms with van der Waals surface area (Å²) in [5, 5.41) is 0. The van der Waals surface area contributed by atoms with Crippen LogP contribution in [-0.4, -0.2) is 4.98 Å². The molecule has 82 valence electrons. The van der Waals surface area contributed by atoms with Crippen LogP contribution < -0.4 is 18.9 Å². The van der Waals surface area contributed by atoms with E-state index in [2.05, 4.69) is 11.2 Å². The van der Waals surface area contributed by atoms with Gasteiger partial charge in [-0.2, -0.15) is 0 Å². The van der Waals surface area contributed by atoms with Crippen molar-refractivity contribution < 1.29 is 23.3 Å². The topological polar surface area (TPSA) is 26.0 Å². The molecule has 1 aromatic heterocycles. The first kappa shape index (κ1) is 12.7. The van der Waals surface area contributed by atoms with Crippen LogP contribution >= 0.6 is 0 Å². The van der Waals surface area contributed by atoms with Crippen molar-refractivity contribution in [2.24, 2.45) is 0 Å².